The van der Waals surface area contributed by atoms with Gasteiger partial charge in [0.15, 0.2) is 0 Å². The van der Waals surface area contributed by atoms with Crippen LogP contribution in [0.25, 0.3) is 10.2 Å². The fraction of sp³-hybridized carbons (Fsp3) is 0.533. The molecule has 0 aliphatic carbocycles. The number of aromatic carboxylic acids is 1. The SMILES string of the molecule is CC[NH+]1CCN(c2nc(C)nc3sc(C(=O)[O-])c(C)c23)CC1. The third-order valence-electron chi connectivity index (χ3n) is 4.34. The van der Waals surface area contributed by atoms with Crippen LogP contribution in [0.3, 0.4) is 0 Å². The van der Waals surface area contributed by atoms with E-state index in [0.717, 1.165) is 54.3 Å². The lowest BCUT2D eigenvalue weighted by molar-refractivity contribution is -0.898. The van der Waals surface area contributed by atoms with E-state index in [1.54, 1.807) is 4.90 Å². The molecule has 1 N–H and O–H groups in total. The Morgan fingerprint density at radius 3 is 2.59 bits per heavy atom. The second-order valence-electron chi connectivity index (χ2n) is 5.71. The van der Waals surface area contributed by atoms with Crippen molar-refractivity contribution >= 4 is 33.3 Å². The Hall–Kier alpha value is -1.73. The van der Waals surface area contributed by atoms with Crippen LogP contribution >= 0.6 is 11.3 Å². The van der Waals surface area contributed by atoms with Crippen molar-refractivity contribution in [1.29, 1.82) is 0 Å². The number of thiophene rings is 1. The van der Waals surface area contributed by atoms with Crippen molar-refractivity contribution in [3.63, 3.8) is 0 Å². The monoisotopic (exact) mass is 320 g/mol. The van der Waals surface area contributed by atoms with Crippen LogP contribution in [-0.4, -0.2) is 48.7 Å². The summed E-state index contributed by atoms with van der Waals surface area (Å²) < 4.78 is 0. The van der Waals surface area contributed by atoms with Crippen molar-refractivity contribution in [2.24, 2.45) is 0 Å². The minimum atomic E-state index is -1.13. The molecule has 2 aromatic heterocycles. The van der Waals surface area contributed by atoms with E-state index in [1.807, 2.05) is 13.8 Å². The van der Waals surface area contributed by atoms with Crippen molar-refractivity contribution in [3.05, 3.63) is 16.3 Å². The summed E-state index contributed by atoms with van der Waals surface area (Å²) in [6.07, 6.45) is 0. The van der Waals surface area contributed by atoms with Gasteiger partial charge in [-0.1, -0.05) is 0 Å². The number of likely N-dealkylation sites (N-methyl/N-ethyl adjacent to an activating group) is 1. The minimum Gasteiger partial charge on any atom is -0.544 e. The maximum Gasteiger partial charge on any atom is 0.141 e. The third kappa shape index (κ3) is 2.55. The molecule has 0 amide bonds. The smallest absolute Gasteiger partial charge is 0.141 e. The number of aryl methyl sites for hydroxylation is 2. The summed E-state index contributed by atoms with van der Waals surface area (Å²) in [5, 5.41) is 12.2. The van der Waals surface area contributed by atoms with E-state index in [0.29, 0.717) is 5.82 Å². The molecule has 1 aliphatic rings. The number of carboxylic acid groups (broad SMARTS) is 1. The van der Waals surface area contributed by atoms with Crippen molar-refractivity contribution in [3.8, 4) is 0 Å². The Kier molecular flexibility index (Phi) is 4.01. The zero-order chi connectivity index (χ0) is 15.9. The summed E-state index contributed by atoms with van der Waals surface area (Å²) in [5.74, 6) is 0.419. The average Bonchev–Trinajstić information content (AvgIpc) is 2.83. The molecule has 7 heteroatoms. The summed E-state index contributed by atoms with van der Waals surface area (Å²) in [6, 6.07) is 0. The van der Waals surface area contributed by atoms with Gasteiger partial charge in [-0.2, -0.15) is 0 Å². The lowest BCUT2D eigenvalue weighted by Crippen LogP contribution is -3.14. The molecular formula is C15H20N4O2S. The molecule has 0 saturated carbocycles. The first-order chi connectivity index (χ1) is 10.5. The number of anilines is 1. The minimum absolute atomic E-state index is 0.258. The molecule has 0 unspecified atom stereocenters. The number of carboxylic acids is 1. The Labute approximate surface area is 133 Å². The van der Waals surface area contributed by atoms with Crippen LogP contribution in [0.2, 0.25) is 0 Å². The van der Waals surface area contributed by atoms with Gasteiger partial charge >= 0.3 is 0 Å². The van der Waals surface area contributed by atoms with Crippen molar-refractivity contribution in [2.75, 3.05) is 37.6 Å². The van der Waals surface area contributed by atoms with Crippen molar-refractivity contribution < 1.29 is 14.8 Å². The van der Waals surface area contributed by atoms with Gasteiger partial charge in [0.25, 0.3) is 0 Å². The van der Waals surface area contributed by atoms with Gasteiger partial charge in [0.2, 0.25) is 0 Å². The number of hydrogen-bond donors (Lipinski definition) is 1. The van der Waals surface area contributed by atoms with E-state index in [2.05, 4.69) is 21.8 Å². The zero-order valence-electron chi connectivity index (χ0n) is 13.1. The van der Waals surface area contributed by atoms with Gasteiger partial charge in [-0.25, -0.2) is 9.97 Å². The number of nitrogens with zero attached hydrogens (tertiary/aromatic N) is 3. The van der Waals surface area contributed by atoms with Gasteiger partial charge < -0.3 is 19.7 Å². The first-order valence-electron chi connectivity index (χ1n) is 7.58. The average molecular weight is 320 g/mol. The standard InChI is InChI=1S/C15H20N4O2S/c1-4-18-5-7-19(8-6-18)13-11-9(2)12(15(20)21)22-14(11)17-10(3)16-13/h4-8H2,1-3H3,(H,20,21). The number of fused-ring (bicyclic) bond motifs is 1. The highest BCUT2D eigenvalue weighted by Crippen LogP contribution is 2.35. The number of quaternary nitrogens is 1. The lowest BCUT2D eigenvalue weighted by atomic mass is 10.2. The molecule has 1 aliphatic heterocycles. The highest BCUT2D eigenvalue weighted by atomic mass is 32.1. The number of carbonyl (C=O) groups is 1. The third-order valence-corrected chi connectivity index (χ3v) is 5.50. The predicted octanol–water partition coefficient (Wildman–Crippen LogP) is -0.604. The van der Waals surface area contributed by atoms with Gasteiger partial charge in [0.1, 0.15) is 16.5 Å². The van der Waals surface area contributed by atoms with Crippen LogP contribution in [0.5, 0.6) is 0 Å². The van der Waals surface area contributed by atoms with Crippen LogP contribution in [-0.2, 0) is 0 Å². The van der Waals surface area contributed by atoms with E-state index < -0.39 is 5.97 Å². The van der Waals surface area contributed by atoms with E-state index in [9.17, 15) is 9.90 Å². The van der Waals surface area contributed by atoms with E-state index in [1.165, 1.54) is 11.3 Å². The molecule has 0 radical (unpaired) electrons. The topological polar surface area (TPSA) is 73.6 Å². The van der Waals surface area contributed by atoms with E-state index in [4.69, 9.17) is 0 Å². The van der Waals surface area contributed by atoms with Gasteiger partial charge in [-0.15, -0.1) is 11.3 Å². The molecule has 1 fully saturated rings. The number of carbonyl (C=O) groups excluding carboxylic acids is 1. The predicted molar refractivity (Wildman–Crippen MR) is 84.7 cm³/mol. The fourth-order valence-electron chi connectivity index (χ4n) is 3.03. The van der Waals surface area contributed by atoms with Crippen molar-refractivity contribution in [2.45, 2.75) is 20.8 Å². The molecule has 0 bridgehead atoms. The highest BCUT2D eigenvalue weighted by molar-refractivity contribution is 7.20. The summed E-state index contributed by atoms with van der Waals surface area (Å²) in [7, 11) is 0. The molecule has 118 valence electrons. The lowest BCUT2D eigenvalue weighted by Gasteiger charge is -2.32. The summed E-state index contributed by atoms with van der Waals surface area (Å²) >= 11 is 1.18. The number of rotatable bonds is 3. The van der Waals surface area contributed by atoms with Crippen LogP contribution < -0.4 is 14.9 Å². The first-order valence-corrected chi connectivity index (χ1v) is 8.40. The van der Waals surface area contributed by atoms with Gasteiger partial charge in [-0.05, 0) is 26.3 Å². The maximum atomic E-state index is 11.3. The van der Waals surface area contributed by atoms with Crippen LogP contribution in [0.1, 0.15) is 28.0 Å². The van der Waals surface area contributed by atoms with Gasteiger partial charge in [0, 0.05) is 0 Å². The van der Waals surface area contributed by atoms with Crippen molar-refractivity contribution in [1.82, 2.24) is 9.97 Å². The molecule has 0 aromatic carbocycles. The number of nitrogens with one attached hydrogen (secondary N) is 1. The molecule has 6 nitrogen and oxygen atoms in total. The van der Waals surface area contributed by atoms with Crippen LogP contribution in [0.15, 0.2) is 0 Å². The number of piperazine rings is 1. The molecule has 3 rings (SSSR count). The number of hydrogen-bond acceptors (Lipinski definition) is 6. The Morgan fingerprint density at radius 1 is 1.32 bits per heavy atom. The van der Waals surface area contributed by atoms with Gasteiger partial charge in [0.05, 0.1) is 49.0 Å². The summed E-state index contributed by atoms with van der Waals surface area (Å²) in [6.45, 7) is 11.0. The molecular weight excluding hydrogens is 300 g/mol. The molecule has 0 atom stereocenters. The maximum absolute atomic E-state index is 11.3. The highest BCUT2D eigenvalue weighted by Gasteiger charge is 2.24. The Bertz CT molecular complexity index is 720. The molecule has 3 heterocycles. The van der Waals surface area contributed by atoms with E-state index >= 15 is 0 Å². The molecule has 1 saturated heterocycles. The normalized spacial score (nSPS) is 16.4. The summed E-state index contributed by atoms with van der Waals surface area (Å²) in [4.78, 5) is 25.1. The zero-order valence-corrected chi connectivity index (χ0v) is 13.9. The van der Waals surface area contributed by atoms with Gasteiger partial charge in [-0.3, -0.25) is 0 Å². The van der Waals surface area contributed by atoms with Crippen LogP contribution in [0, 0.1) is 13.8 Å². The largest absolute Gasteiger partial charge is 0.544 e. The number of aromatic nitrogens is 2. The van der Waals surface area contributed by atoms with E-state index in [-0.39, 0.29) is 4.88 Å². The Morgan fingerprint density at radius 2 is 2.00 bits per heavy atom. The summed E-state index contributed by atoms with van der Waals surface area (Å²) in [5.41, 5.74) is 0.722. The first kappa shape index (κ1) is 15.2. The molecule has 0 spiro atoms. The quantitative estimate of drug-likeness (QED) is 0.817. The molecule has 2 aromatic rings. The second-order valence-corrected chi connectivity index (χ2v) is 6.71. The fourth-order valence-corrected chi connectivity index (χ4v) is 4.09. The Balaban J connectivity index is 2.07. The molecule has 22 heavy (non-hydrogen) atoms. The second kappa shape index (κ2) is 5.81. The van der Waals surface area contributed by atoms with Crippen LogP contribution in [0.4, 0.5) is 5.82 Å².